The quantitative estimate of drug-likeness (QED) is 0.634. The lowest BCUT2D eigenvalue weighted by Gasteiger charge is -2.27. The second-order valence-corrected chi connectivity index (χ2v) is 3.27. The van der Waals surface area contributed by atoms with Gasteiger partial charge in [-0.1, -0.05) is 0 Å². The van der Waals surface area contributed by atoms with Crippen LogP contribution in [0.25, 0.3) is 0 Å². The number of amides is 1. The minimum atomic E-state index is -1.62. The number of alkyl halides is 1. The maximum absolute atomic E-state index is 12.8. The van der Waals surface area contributed by atoms with E-state index in [1.807, 2.05) is 0 Å². The molecule has 1 rings (SSSR count). The van der Waals surface area contributed by atoms with E-state index in [4.69, 9.17) is 10.2 Å². The molecular formula is C7H10FNO4. The summed E-state index contributed by atoms with van der Waals surface area (Å²) in [5, 5.41) is 17.3. The Labute approximate surface area is 73.8 Å². The van der Waals surface area contributed by atoms with Gasteiger partial charge >= 0.3 is 12.1 Å². The summed E-state index contributed by atoms with van der Waals surface area (Å²) in [6, 6.07) is 0. The van der Waals surface area contributed by atoms with E-state index in [2.05, 4.69) is 0 Å². The summed E-state index contributed by atoms with van der Waals surface area (Å²) in [7, 11) is 0. The topological polar surface area (TPSA) is 77.8 Å². The molecule has 1 fully saturated rings. The van der Waals surface area contributed by atoms with Gasteiger partial charge in [0.1, 0.15) is 11.7 Å². The van der Waals surface area contributed by atoms with Crippen LogP contribution in [0.2, 0.25) is 0 Å². The third-order valence-corrected chi connectivity index (χ3v) is 2.29. The minimum Gasteiger partial charge on any atom is -0.480 e. The lowest BCUT2D eigenvalue weighted by atomic mass is 9.99. The van der Waals surface area contributed by atoms with Crippen molar-refractivity contribution in [3.05, 3.63) is 0 Å². The van der Waals surface area contributed by atoms with Crippen LogP contribution in [0.1, 0.15) is 13.3 Å². The van der Waals surface area contributed by atoms with Crippen molar-refractivity contribution in [3.8, 4) is 0 Å². The number of carboxylic acids is 1. The van der Waals surface area contributed by atoms with Gasteiger partial charge in [-0.3, -0.25) is 4.90 Å². The number of hydrogen-bond donors (Lipinski definition) is 2. The summed E-state index contributed by atoms with van der Waals surface area (Å²) in [4.78, 5) is 21.9. The molecule has 13 heavy (non-hydrogen) atoms. The van der Waals surface area contributed by atoms with Crippen molar-refractivity contribution >= 4 is 12.1 Å². The van der Waals surface area contributed by atoms with Gasteiger partial charge in [-0.15, -0.1) is 0 Å². The Morgan fingerprint density at radius 2 is 2.08 bits per heavy atom. The van der Waals surface area contributed by atoms with Gasteiger partial charge in [0.25, 0.3) is 0 Å². The smallest absolute Gasteiger partial charge is 0.408 e. The molecule has 0 radical (unpaired) electrons. The Bertz CT molecular complexity index is 257. The number of carbonyl (C=O) groups is 2. The third-order valence-electron chi connectivity index (χ3n) is 2.29. The molecule has 2 N–H and O–H groups in total. The van der Waals surface area contributed by atoms with Crippen LogP contribution in [-0.2, 0) is 4.79 Å². The third kappa shape index (κ3) is 1.43. The molecule has 1 amide bonds. The summed E-state index contributed by atoms with van der Waals surface area (Å²) in [5.41, 5.74) is -1.62. The molecule has 1 saturated heterocycles. The second-order valence-electron chi connectivity index (χ2n) is 3.27. The zero-order chi connectivity index (χ0) is 10.2. The normalized spacial score (nSPS) is 33.4. The van der Waals surface area contributed by atoms with E-state index in [-0.39, 0.29) is 13.0 Å². The molecule has 0 aromatic heterocycles. The molecule has 1 unspecified atom stereocenters. The number of carboxylic acid groups (broad SMARTS) is 2. The molecule has 6 heteroatoms. The molecule has 2 atom stereocenters. The molecule has 0 bridgehead atoms. The molecule has 74 valence electrons. The van der Waals surface area contributed by atoms with Crippen LogP contribution < -0.4 is 0 Å². The van der Waals surface area contributed by atoms with Gasteiger partial charge in [-0.05, 0) is 6.92 Å². The predicted molar refractivity (Wildman–Crippen MR) is 40.3 cm³/mol. The maximum Gasteiger partial charge on any atom is 0.408 e. The summed E-state index contributed by atoms with van der Waals surface area (Å²) in [6.45, 7) is 0.848. The van der Waals surface area contributed by atoms with Gasteiger partial charge in [-0.25, -0.2) is 14.0 Å². The van der Waals surface area contributed by atoms with Crippen LogP contribution in [0.4, 0.5) is 9.18 Å². The Hall–Kier alpha value is -1.33. The van der Waals surface area contributed by atoms with Gasteiger partial charge in [-0.2, -0.15) is 0 Å². The van der Waals surface area contributed by atoms with E-state index >= 15 is 0 Å². The van der Waals surface area contributed by atoms with Crippen LogP contribution in [0, 0.1) is 0 Å². The number of aliphatic carboxylic acids is 1. The van der Waals surface area contributed by atoms with Crippen molar-refractivity contribution in [2.45, 2.75) is 25.1 Å². The standard InChI is InChI=1S/C7H10FNO4/c1-7(5(10)11)2-4(8)3-9(7)6(12)13/h4H,2-3H2,1H3,(H,10,11)(H,12,13)/t4-,7?/m1/s1. The Balaban J connectivity index is 2.95. The molecular weight excluding hydrogens is 181 g/mol. The predicted octanol–water partition coefficient (Wildman–Crippen LogP) is 0.551. The number of halogens is 1. The largest absolute Gasteiger partial charge is 0.480 e. The van der Waals surface area contributed by atoms with Gasteiger partial charge in [0.05, 0.1) is 6.54 Å². The highest BCUT2D eigenvalue weighted by atomic mass is 19.1. The molecule has 0 spiro atoms. The molecule has 5 nitrogen and oxygen atoms in total. The zero-order valence-corrected chi connectivity index (χ0v) is 7.03. The Kier molecular flexibility index (Phi) is 2.15. The fraction of sp³-hybridized carbons (Fsp3) is 0.714. The molecule has 0 aromatic rings. The van der Waals surface area contributed by atoms with E-state index in [9.17, 15) is 14.0 Å². The first-order valence-electron chi connectivity index (χ1n) is 3.76. The fourth-order valence-corrected chi connectivity index (χ4v) is 1.50. The van der Waals surface area contributed by atoms with Crippen LogP contribution in [0.5, 0.6) is 0 Å². The van der Waals surface area contributed by atoms with E-state index in [1.54, 1.807) is 0 Å². The average Bonchev–Trinajstić information content (AvgIpc) is 2.27. The highest BCUT2D eigenvalue weighted by molar-refractivity contribution is 5.84. The van der Waals surface area contributed by atoms with Crippen molar-refractivity contribution in [3.63, 3.8) is 0 Å². The zero-order valence-electron chi connectivity index (χ0n) is 7.03. The lowest BCUT2D eigenvalue weighted by molar-refractivity contribution is -0.147. The first-order chi connectivity index (χ1) is 5.88. The van der Waals surface area contributed by atoms with E-state index < -0.39 is 23.8 Å². The summed E-state index contributed by atoms with van der Waals surface area (Å²) >= 11 is 0. The van der Waals surface area contributed by atoms with Crippen molar-refractivity contribution in [1.82, 2.24) is 4.90 Å². The molecule has 0 aromatic carbocycles. The van der Waals surface area contributed by atoms with E-state index in [0.29, 0.717) is 4.90 Å². The average molecular weight is 191 g/mol. The Morgan fingerprint density at radius 1 is 1.54 bits per heavy atom. The Morgan fingerprint density at radius 3 is 2.38 bits per heavy atom. The second kappa shape index (κ2) is 2.86. The van der Waals surface area contributed by atoms with Crippen LogP contribution in [-0.4, -0.2) is 45.4 Å². The summed E-state index contributed by atoms with van der Waals surface area (Å²) < 4.78 is 12.8. The number of likely N-dealkylation sites (tertiary alicyclic amines) is 1. The molecule has 1 aliphatic heterocycles. The lowest BCUT2D eigenvalue weighted by Crippen LogP contribution is -2.50. The van der Waals surface area contributed by atoms with E-state index in [1.165, 1.54) is 6.92 Å². The molecule has 1 aliphatic rings. The first kappa shape index (κ1) is 9.76. The monoisotopic (exact) mass is 191 g/mol. The minimum absolute atomic E-state index is 0.283. The fourth-order valence-electron chi connectivity index (χ4n) is 1.50. The van der Waals surface area contributed by atoms with Crippen LogP contribution in [0.15, 0.2) is 0 Å². The van der Waals surface area contributed by atoms with Crippen molar-refractivity contribution < 1.29 is 24.2 Å². The SMILES string of the molecule is CC1(C(=O)O)C[C@@H](F)CN1C(=O)O. The highest BCUT2D eigenvalue weighted by Gasteiger charge is 2.50. The van der Waals surface area contributed by atoms with Crippen LogP contribution >= 0.6 is 0 Å². The van der Waals surface area contributed by atoms with Gasteiger partial charge in [0, 0.05) is 6.42 Å². The number of nitrogens with zero attached hydrogens (tertiary/aromatic N) is 1. The number of hydrogen-bond acceptors (Lipinski definition) is 2. The van der Waals surface area contributed by atoms with Crippen molar-refractivity contribution in [2.24, 2.45) is 0 Å². The molecule has 0 saturated carbocycles. The maximum atomic E-state index is 12.8. The van der Waals surface area contributed by atoms with Crippen molar-refractivity contribution in [2.75, 3.05) is 6.54 Å². The summed E-state index contributed by atoms with van der Waals surface area (Å²) in [5.74, 6) is -1.31. The van der Waals surface area contributed by atoms with E-state index in [0.717, 1.165) is 0 Å². The molecule has 0 aliphatic carbocycles. The first-order valence-corrected chi connectivity index (χ1v) is 3.76. The van der Waals surface area contributed by atoms with Gasteiger partial charge < -0.3 is 10.2 Å². The van der Waals surface area contributed by atoms with Gasteiger partial charge in [0.15, 0.2) is 0 Å². The highest BCUT2D eigenvalue weighted by Crippen LogP contribution is 2.31. The summed E-state index contributed by atoms with van der Waals surface area (Å²) in [6.07, 6.45) is -3.07. The molecule has 1 heterocycles. The van der Waals surface area contributed by atoms with Gasteiger partial charge in [0.2, 0.25) is 0 Å². The van der Waals surface area contributed by atoms with Crippen LogP contribution in [0.3, 0.4) is 0 Å². The number of rotatable bonds is 1. The van der Waals surface area contributed by atoms with Crippen molar-refractivity contribution in [1.29, 1.82) is 0 Å².